The standard InChI is InChI=1S/C12H21F2N5/c1-4-5-19(7-6-18(2)3)12-10(14)8-9(13)11(16-12)17-15/h8H,4-7,15H2,1-3H3,(H,16,17). The third-order valence-corrected chi connectivity index (χ3v) is 2.66. The molecule has 0 fully saturated rings. The van der Waals surface area contributed by atoms with Crippen molar-refractivity contribution in [2.45, 2.75) is 13.3 Å². The fourth-order valence-corrected chi connectivity index (χ4v) is 1.69. The normalized spacial score (nSPS) is 10.9. The molecule has 0 saturated carbocycles. The van der Waals surface area contributed by atoms with E-state index in [2.05, 4.69) is 10.4 Å². The van der Waals surface area contributed by atoms with E-state index in [0.29, 0.717) is 13.1 Å². The zero-order valence-corrected chi connectivity index (χ0v) is 11.6. The molecule has 0 amide bonds. The number of hydrogen-bond donors (Lipinski definition) is 2. The quantitative estimate of drug-likeness (QED) is 0.581. The maximum atomic E-state index is 13.8. The first-order chi connectivity index (χ1) is 8.99. The van der Waals surface area contributed by atoms with E-state index in [1.54, 1.807) is 4.90 Å². The molecule has 0 atom stereocenters. The molecule has 1 rings (SSSR count). The number of aromatic nitrogens is 1. The van der Waals surface area contributed by atoms with Gasteiger partial charge in [-0.1, -0.05) is 6.92 Å². The van der Waals surface area contributed by atoms with Crippen molar-refractivity contribution in [2.24, 2.45) is 5.84 Å². The second-order valence-corrected chi connectivity index (χ2v) is 4.56. The molecule has 1 aromatic rings. The van der Waals surface area contributed by atoms with Gasteiger partial charge in [0.05, 0.1) is 0 Å². The molecular weight excluding hydrogens is 252 g/mol. The second-order valence-electron chi connectivity index (χ2n) is 4.56. The Labute approximate surface area is 112 Å². The van der Waals surface area contributed by atoms with E-state index < -0.39 is 11.6 Å². The molecule has 19 heavy (non-hydrogen) atoms. The van der Waals surface area contributed by atoms with Gasteiger partial charge in [0.15, 0.2) is 23.3 Å². The SMILES string of the molecule is CCCN(CCN(C)C)c1nc(NN)c(F)cc1F. The molecule has 1 aromatic heterocycles. The van der Waals surface area contributed by atoms with Gasteiger partial charge in [0.2, 0.25) is 0 Å². The van der Waals surface area contributed by atoms with E-state index in [1.807, 2.05) is 25.9 Å². The molecule has 3 N–H and O–H groups in total. The van der Waals surface area contributed by atoms with Crippen LogP contribution in [-0.2, 0) is 0 Å². The Hall–Kier alpha value is -1.47. The molecule has 0 radical (unpaired) electrons. The van der Waals surface area contributed by atoms with E-state index in [-0.39, 0.29) is 11.6 Å². The summed E-state index contributed by atoms with van der Waals surface area (Å²) in [6.45, 7) is 4.00. The van der Waals surface area contributed by atoms with E-state index in [9.17, 15) is 8.78 Å². The lowest BCUT2D eigenvalue weighted by Crippen LogP contribution is -2.34. The molecule has 108 valence electrons. The first kappa shape index (κ1) is 15.6. The van der Waals surface area contributed by atoms with Crippen LogP contribution in [0.2, 0.25) is 0 Å². The Morgan fingerprint density at radius 2 is 1.89 bits per heavy atom. The topological polar surface area (TPSA) is 57.4 Å². The Morgan fingerprint density at radius 3 is 2.42 bits per heavy atom. The third-order valence-electron chi connectivity index (χ3n) is 2.66. The van der Waals surface area contributed by atoms with Gasteiger partial charge < -0.3 is 15.2 Å². The fourth-order valence-electron chi connectivity index (χ4n) is 1.69. The number of anilines is 2. The van der Waals surface area contributed by atoms with Crippen LogP contribution in [0, 0.1) is 11.6 Å². The molecule has 5 nitrogen and oxygen atoms in total. The average molecular weight is 273 g/mol. The fraction of sp³-hybridized carbons (Fsp3) is 0.583. The van der Waals surface area contributed by atoms with Crippen molar-refractivity contribution in [1.29, 1.82) is 0 Å². The molecule has 7 heteroatoms. The molecule has 0 aliphatic carbocycles. The summed E-state index contributed by atoms with van der Waals surface area (Å²) in [7, 11) is 3.87. The molecule has 0 bridgehead atoms. The lowest BCUT2D eigenvalue weighted by atomic mass is 10.3. The van der Waals surface area contributed by atoms with E-state index in [4.69, 9.17) is 5.84 Å². The summed E-state index contributed by atoms with van der Waals surface area (Å²) in [6.07, 6.45) is 0.845. The van der Waals surface area contributed by atoms with Crippen LogP contribution in [0.1, 0.15) is 13.3 Å². The van der Waals surface area contributed by atoms with Crippen molar-refractivity contribution in [3.8, 4) is 0 Å². The Balaban J connectivity index is 3.00. The van der Waals surface area contributed by atoms with Gasteiger partial charge in [-0.2, -0.15) is 0 Å². The largest absolute Gasteiger partial charge is 0.353 e. The molecule has 0 unspecified atom stereocenters. The predicted octanol–water partition coefficient (Wildman–Crippen LogP) is 1.42. The monoisotopic (exact) mass is 273 g/mol. The summed E-state index contributed by atoms with van der Waals surface area (Å²) in [5, 5.41) is 0. The van der Waals surface area contributed by atoms with E-state index in [0.717, 1.165) is 19.0 Å². The smallest absolute Gasteiger partial charge is 0.178 e. The summed E-state index contributed by atoms with van der Waals surface area (Å²) in [4.78, 5) is 7.69. The number of likely N-dealkylation sites (N-methyl/N-ethyl adjacent to an activating group) is 1. The summed E-state index contributed by atoms with van der Waals surface area (Å²) < 4.78 is 27.2. The van der Waals surface area contributed by atoms with E-state index in [1.165, 1.54) is 0 Å². The number of hydrogen-bond acceptors (Lipinski definition) is 5. The number of hydrazine groups is 1. The molecular formula is C12H21F2N5. The van der Waals surface area contributed by atoms with Gasteiger partial charge in [-0.3, -0.25) is 0 Å². The highest BCUT2D eigenvalue weighted by Crippen LogP contribution is 2.22. The zero-order chi connectivity index (χ0) is 14.4. The minimum absolute atomic E-state index is 0.123. The second kappa shape index (κ2) is 7.20. The van der Waals surface area contributed by atoms with Gasteiger partial charge in [0, 0.05) is 25.7 Å². The van der Waals surface area contributed by atoms with Crippen molar-refractivity contribution in [2.75, 3.05) is 44.1 Å². The number of halogens is 2. The number of rotatable bonds is 7. The van der Waals surface area contributed by atoms with E-state index >= 15 is 0 Å². The summed E-state index contributed by atoms with van der Waals surface area (Å²) in [6, 6.07) is 0.801. The van der Waals surface area contributed by atoms with Gasteiger partial charge in [0.1, 0.15) is 0 Å². The molecule has 0 aromatic carbocycles. The van der Waals surface area contributed by atoms with Crippen LogP contribution in [0.3, 0.4) is 0 Å². The van der Waals surface area contributed by atoms with Crippen LogP contribution in [0.15, 0.2) is 6.07 Å². The lowest BCUT2D eigenvalue weighted by Gasteiger charge is -2.25. The maximum absolute atomic E-state index is 13.8. The molecule has 0 spiro atoms. The predicted molar refractivity (Wildman–Crippen MR) is 73.0 cm³/mol. The van der Waals surface area contributed by atoms with Gasteiger partial charge >= 0.3 is 0 Å². The highest BCUT2D eigenvalue weighted by atomic mass is 19.1. The summed E-state index contributed by atoms with van der Waals surface area (Å²) in [5.74, 6) is 3.66. The van der Waals surface area contributed by atoms with Crippen LogP contribution in [0.25, 0.3) is 0 Å². The van der Waals surface area contributed by atoms with Crippen molar-refractivity contribution >= 4 is 11.6 Å². The van der Waals surface area contributed by atoms with Gasteiger partial charge in [0.25, 0.3) is 0 Å². The van der Waals surface area contributed by atoms with Gasteiger partial charge in [-0.25, -0.2) is 19.6 Å². The number of pyridine rings is 1. The zero-order valence-electron chi connectivity index (χ0n) is 11.6. The number of nitrogens with one attached hydrogen (secondary N) is 1. The first-order valence-electron chi connectivity index (χ1n) is 6.22. The number of nitrogen functional groups attached to an aromatic ring is 1. The van der Waals surface area contributed by atoms with Gasteiger partial charge in [-0.15, -0.1) is 0 Å². The molecule has 0 aliphatic heterocycles. The minimum Gasteiger partial charge on any atom is -0.353 e. The highest BCUT2D eigenvalue weighted by Gasteiger charge is 2.16. The first-order valence-corrected chi connectivity index (χ1v) is 6.22. The molecule has 1 heterocycles. The maximum Gasteiger partial charge on any atom is 0.178 e. The van der Waals surface area contributed by atoms with Crippen LogP contribution in [0.5, 0.6) is 0 Å². The highest BCUT2D eigenvalue weighted by molar-refractivity contribution is 5.48. The molecule has 0 aliphatic rings. The van der Waals surface area contributed by atoms with Gasteiger partial charge in [-0.05, 0) is 20.5 Å². The Bertz CT molecular complexity index is 411. The number of nitrogens with zero attached hydrogens (tertiary/aromatic N) is 3. The molecule has 0 saturated heterocycles. The van der Waals surface area contributed by atoms with Crippen LogP contribution >= 0.6 is 0 Å². The number of nitrogens with two attached hydrogens (primary N) is 1. The summed E-state index contributed by atoms with van der Waals surface area (Å²) >= 11 is 0. The lowest BCUT2D eigenvalue weighted by molar-refractivity contribution is 0.411. The third kappa shape index (κ3) is 4.29. The van der Waals surface area contributed by atoms with Crippen molar-refractivity contribution in [3.63, 3.8) is 0 Å². The van der Waals surface area contributed by atoms with Crippen molar-refractivity contribution < 1.29 is 8.78 Å². The average Bonchev–Trinajstić information content (AvgIpc) is 2.35. The summed E-state index contributed by atoms with van der Waals surface area (Å²) in [5.41, 5.74) is 2.13. The van der Waals surface area contributed by atoms with Crippen LogP contribution in [-0.4, -0.2) is 43.6 Å². The van der Waals surface area contributed by atoms with Crippen LogP contribution < -0.4 is 16.2 Å². The Kier molecular flexibility index (Phi) is 5.91. The van der Waals surface area contributed by atoms with Crippen molar-refractivity contribution in [3.05, 3.63) is 17.7 Å². The minimum atomic E-state index is -0.798. The Morgan fingerprint density at radius 1 is 1.21 bits per heavy atom. The van der Waals surface area contributed by atoms with Crippen LogP contribution in [0.4, 0.5) is 20.4 Å². The van der Waals surface area contributed by atoms with Crippen molar-refractivity contribution in [1.82, 2.24) is 9.88 Å².